The van der Waals surface area contributed by atoms with Crippen LogP contribution >= 0.6 is 0 Å². The average molecular weight is 202 g/mol. The summed E-state index contributed by atoms with van der Waals surface area (Å²) in [5.41, 5.74) is -1.19. The first-order valence-corrected chi connectivity index (χ1v) is 4.39. The predicted molar refractivity (Wildman–Crippen MR) is 46.5 cm³/mol. The summed E-state index contributed by atoms with van der Waals surface area (Å²) in [6.45, 7) is 6.23. The van der Waals surface area contributed by atoms with Gasteiger partial charge in [-0.15, -0.1) is 0 Å². The molecular weight excluding hydrogens is 188 g/mol. The molecule has 0 amide bonds. The van der Waals surface area contributed by atoms with Gasteiger partial charge in [0.1, 0.15) is 0 Å². The van der Waals surface area contributed by atoms with E-state index in [1.807, 2.05) is 0 Å². The number of hydrogen-bond acceptors (Lipinski definition) is 4. The number of carbonyl (C=O) groups excluding carboxylic acids is 1. The molecule has 0 aromatic heterocycles. The third-order valence-electron chi connectivity index (χ3n) is 2.20. The van der Waals surface area contributed by atoms with Crippen LogP contribution < -0.4 is 0 Å². The molecule has 0 unspecified atom stereocenters. The van der Waals surface area contributed by atoms with Crippen LogP contribution in [-0.4, -0.2) is 28.4 Å². The highest BCUT2D eigenvalue weighted by Crippen LogP contribution is 2.37. The molecule has 0 saturated carbocycles. The molecule has 0 aromatic rings. The molecular formula is C9H14O5. The summed E-state index contributed by atoms with van der Waals surface area (Å²) in [6.07, 6.45) is 0. The highest BCUT2D eigenvalue weighted by molar-refractivity contribution is 5.88. The molecule has 80 valence electrons. The quantitative estimate of drug-likeness (QED) is 0.670. The van der Waals surface area contributed by atoms with E-state index in [4.69, 9.17) is 14.6 Å². The number of cyclic esters (lactones) is 1. The normalized spacial score (nSPS) is 30.5. The van der Waals surface area contributed by atoms with Crippen molar-refractivity contribution in [1.82, 2.24) is 0 Å². The lowest BCUT2D eigenvalue weighted by Gasteiger charge is -2.26. The molecule has 0 aromatic carbocycles. The number of aliphatic carboxylic acids is 1. The molecule has 1 N–H and O–H groups in total. The Kier molecular flexibility index (Phi) is 2.31. The SMILES string of the molecule is CC(C)[C@]1(C(=O)O)OC(=O)C(C)(C)O1. The molecule has 0 spiro atoms. The predicted octanol–water partition coefficient (Wildman–Crippen LogP) is 0.775. The van der Waals surface area contributed by atoms with Crippen LogP contribution in [0.3, 0.4) is 0 Å². The van der Waals surface area contributed by atoms with Crippen LogP contribution in [0.1, 0.15) is 27.7 Å². The minimum absolute atomic E-state index is 0.439. The van der Waals surface area contributed by atoms with Crippen molar-refractivity contribution in [1.29, 1.82) is 0 Å². The van der Waals surface area contributed by atoms with Crippen molar-refractivity contribution in [2.24, 2.45) is 5.92 Å². The maximum absolute atomic E-state index is 11.3. The molecule has 0 radical (unpaired) electrons. The Morgan fingerprint density at radius 1 is 1.43 bits per heavy atom. The fourth-order valence-electron chi connectivity index (χ4n) is 1.27. The Balaban J connectivity index is 3.07. The van der Waals surface area contributed by atoms with Crippen molar-refractivity contribution in [2.45, 2.75) is 39.1 Å². The van der Waals surface area contributed by atoms with Gasteiger partial charge >= 0.3 is 17.7 Å². The molecule has 0 bridgehead atoms. The third-order valence-corrected chi connectivity index (χ3v) is 2.20. The van der Waals surface area contributed by atoms with E-state index in [9.17, 15) is 9.59 Å². The van der Waals surface area contributed by atoms with Gasteiger partial charge in [0.2, 0.25) is 0 Å². The Labute approximate surface area is 82.0 Å². The van der Waals surface area contributed by atoms with Gasteiger partial charge in [-0.3, -0.25) is 0 Å². The van der Waals surface area contributed by atoms with Gasteiger partial charge in [-0.2, -0.15) is 0 Å². The van der Waals surface area contributed by atoms with Crippen LogP contribution in [0.25, 0.3) is 0 Å². The second kappa shape index (κ2) is 2.95. The summed E-state index contributed by atoms with van der Waals surface area (Å²) in [7, 11) is 0. The van der Waals surface area contributed by atoms with Crippen molar-refractivity contribution in [3.63, 3.8) is 0 Å². The number of hydrogen-bond donors (Lipinski definition) is 1. The lowest BCUT2D eigenvalue weighted by molar-refractivity contribution is -0.226. The first-order valence-electron chi connectivity index (χ1n) is 4.39. The molecule has 0 aliphatic carbocycles. The summed E-state index contributed by atoms with van der Waals surface area (Å²) >= 11 is 0. The number of ether oxygens (including phenoxy) is 2. The smallest absolute Gasteiger partial charge is 0.377 e. The van der Waals surface area contributed by atoms with E-state index in [1.54, 1.807) is 13.8 Å². The van der Waals surface area contributed by atoms with Gasteiger partial charge in [-0.05, 0) is 13.8 Å². The molecule has 1 rings (SSSR count). The van der Waals surface area contributed by atoms with E-state index in [0.717, 1.165) is 0 Å². The lowest BCUT2D eigenvalue weighted by Crippen LogP contribution is -2.46. The summed E-state index contributed by atoms with van der Waals surface area (Å²) in [4.78, 5) is 22.3. The lowest BCUT2D eigenvalue weighted by atomic mass is 10.0. The number of rotatable bonds is 2. The molecule has 5 heteroatoms. The van der Waals surface area contributed by atoms with E-state index in [2.05, 4.69) is 0 Å². The van der Waals surface area contributed by atoms with E-state index >= 15 is 0 Å². The average Bonchev–Trinajstić information content (AvgIpc) is 2.24. The Morgan fingerprint density at radius 2 is 1.93 bits per heavy atom. The van der Waals surface area contributed by atoms with Crippen molar-refractivity contribution < 1.29 is 24.2 Å². The highest BCUT2D eigenvalue weighted by atomic mass is 16.8. The van der Waals surface area contributed by atoms with Crippen molar-refractivity contribution >= 4 is 11.9 Å². The fourth-order valence-corrected chi connectivity index (χ4v) is 1.27. The third kappa shape index (κ3) is 1.37. The topological polar surface area (TPSA) is 72.8 Å². The maximum atomic E-state index is 11.3. The van der Waals surface area contributed by atoms with Gasteiger partial charge in [0.25, 0.3) is 0 Å². The van der Waals surface area contributed by atoms with Crippen LogP contribution in [0, 0.1) is 5.92 Å². The van der Waals surface area contributed by atoms with Crippen LogP contribution in [0.15, 0.2) is 0 Å². The van der Waals surface area contributed by atoms with Gasteiger partial charge in [-0.25, -0.2) is 9.59 Å². The molecule has 1 atom stereocenters. The van der Waals surface area contributed by atoms with E-state index < -0.39 is 29.2 Å². The molecule has 1 fully saturated rings. The molecule has 1 saturated heterocycles. The van der Waals surface area contributed by atoms with E-state index in [0.29, 0.717) is 0 Å². The minimum atomic E-state index is -1.83. The molecule has 5 nitrogen and oxygen atoms in total. The van der Waals surface area contributed by atoms with Gasteiger partial charge in [-0.1, -0.05) is 13.8 Å². The van der Waals surface area contributed by atoms with E-state index in [1.165, 1.54) is 13.8 Å². The monoisotopic (exact) mass is 202 g/mol. The Morgan fingerprint density at radius 3 is 2.07 bits per heavy atom. The van der Waals surface area contributed by atoms with Crippen LogP contribution in [0.2, 0.25) is 0 Å². The fraction of sp³-hybridized carbons (Fsp3) is 0.778. The molecule has 14 heavy (non-hydrogen) atoms. The summed E-state index contributed by atoms with van der Waals surface area (Å²) in [5.74, 6) is -4.19. The number of carboxylic acids is 1. The maximum Gasteiger partial charge on any atom is 0.377 e. The van der Waals surface area contributed by atoms with Crippen LogP contribution in [0.4, 0.5) is 0 Å². The first kappa shape index (κ1) is 11.0. The largest absolute Gasteiger partial charge is 0.476 e. The Hall–Kier alpha value is -1.10. The second-order valence-corrected chi connectivity index (χ2v) is 4.13. The standard InChI is InChI=1S/C9H14O5/c1-5(2)9(6(10)11)13-7(12)8(3,4)14-9/h5H,1-4H3,(H,10,11)/t9-/m0/s1. The van der Waals surface area contributed by atoms with Gasteiger partial charge < -0.3 is 14.6 Å². The Bertz CT molecular complexity index is 281. The summed E-state index contributed by atoms with van der Waals surface area (Å²) < 4.78 is 10.0. The second-order valence-electron chi connectivity index (χ2n) is 4.13. The number of carboxylic acid groups (broad SMARTS) is 1. The zero-order valence-corrected chi connectivity index (χ0v) is 8.66. The molecule has 1 aliphatic heterocycles. The summed E-state index contributed by atoms with van der Waals surface area (Å²) in [5, 5.41) is 8.98. The molecule has 1 heterocycles. The summed E-state index contributed by atoms with van der Waals surface area (Å²) in [6, 6.07) is 0. The first-order chi connectivity index (χ1) is 6.22. The minimum Gasteiger partial charge on any atom is -0.476 e. The molecule has 1 aliphatic rings. The van der Waals surface area contributed by atoms with Gasteiger partial charge in [0, 0.05) is 5.92 Å². The van der Waals surface area contributed by atoms with Gasteiger partial charge in [0.05, 0.1) is 0 Å². The van der Waals surface area contributed by atoms with Crippen molar-refractivity contribution in [3.05, 3.63) is 0 Å². The van der Waals surface area contributed by atoms with E-state index in [-0.39, 0.29) is 0 Å². The van der Waals surface area contributed by atoms with Crippen molar-refractivity contribution in [2.75, 3.05) is 0 Å². The highest BCUT2D eigenvalue weighted by Gasteiger charge is 2.59. The van der Waals surface area contributed by atoms with Crippen molar-refractivity contribution in [3.8, 4) is 0 Å². The van der Waals surface area contributed by atoms with Crippen LogP contribution in [0.5, 0.6) is 0 Å². The van der Waals surface area contributed by atoms with Crippen LogP contribution in [-0.2, 0) is 19.1 Å². The zero-order chi connectivity index (χ0) is 11.1. The van der Waals surface area contributed by atoms with Gasteiger partial charge in [0.15, 0.2) is 5.60 Å². The number of carbonyl (C=O) groups is 2. The zero-order valence-electron chi connectivity index (χ0n) is 8.66. The number of esters is 1.